The quantitative estimate of drug-likeness (QED) is 0.674. The second-order valence-corrected chi connectivity index (χ2v) is 3.52. The highest BCUT2D eigenvalue weighted by Gasteiger charge is 2.14. The third kappa shape index (κ3) is 4.48. The van der Waals surface area contributed by atoms with Crippen molar-refractivity contribution >= 4 is 5.91 Å². The van der Waals surface area contributed by atoms with Crippen LogP contribution in [0.2, 0.25) is 0 Å². The second-order valence-electron chi connectivity index (χ2n) is 3.52. The number of nitrogens with two attached hydrogens (primary N) is 1. The van der Waals surface area contributed by atoms with Crippen molar-refractivity contribution in [2.45, 2.75) is 26.7 Å². The van der Waals surface area contributed by atoms with Gasteiger partial charge in [-0.3, -0.25) is 4.79 Å². The zero-order chi connectivity index (χ0) is 13.4. The fraction of sp³-hybridized carbons (Fsp3) is 0.583. The van der Waals surface area contributed by atoms with E-state index in [0.29, 0.717) is 19.0 Å². The largest absolute Gasteiger partial charge is 0.455 e. The van der Waals surface area contributed by atoms with E-state index in [-0.39, 0.29) is 24.8 Å². The third-order valence-corrected chi connectivity index (χ3v) is 2.22. The molecule has 1 heterocycles. The highest BCUT2D eigenvalue weighted by molar-refractivity contribution is 5.91. The number of carbonyl (C=O) groups excluding carboxylic acids is 1. The molecule has 18 heavy (non-hydrogen) atoms. The number of carbonyl (C=O) groups is 1. The Morgan fingerprint density at radius 3 is 2.56 bits per heavy atom. The summed E-state index contributed by atoms with van der Waals surface area (Å²) in [6.07, 6.45) is -0.437. The SMILES string of the molecule is CCOC(CNC(=O)c1ccc(CN)o1)OCC. The van der Waals surface area contributed by atoms with Crippen molar-refractivity contribution < 1.29 is 18.7 Å². The first-order valence-corrected chi connectivity index (χ1v) is 6.01. The van der Waals surface area contributed by atoms with Crippen LogP contribution < -0.4 is 11.1 Å². The van der Waals surface area contributed by atoms with Gasteiger partial charge in [0.15, 0.2) is 12.1 Å². The van der Waals surface area contributed by atoms with Gasteiger partial charge in [0, 0.05) is 13.2 Å². The topological polar surface area (TPSA) is 86.7 Å². The van der Waals surface area contributed by atoms with Crippen molar-refractivity contribution in [1.29, 1.82) is 0 Å². The first-order chi connectivity index (χ1) is 8.71. The highest BCUT2D eigenvalue weighted by Crippen LogP contribution is 2.06. The van der Waals surface area contributed by atoms with Crippen molar-refractivity contribution in [2.75, 3.05) is 19.8 Å². The number of furan rings is 1. The van der Waals surface area contributed by atoms with E-state index in [1.165, 1.54) is 0 Å². The summed E-state index contributed by atoms with van der Waals surface area (Å²) in [5, 5.41) is 2.68. The molecule has 3 N–H and O–H groups in total. The molecule has 1 aromatic heterocycles. The number of hydrogen-bond donors (Lipinski definition) is 2. The lowest BCUT2D eigenvalue weighted by Crippen LogP contribution is -2.35. The average molecular weight is 256 g/mol. The van der Waals surface area contributed by atoms with E-state index < -0.39 is 6.29 Å². The van der Waals surface area contributed by atoms with Crippen molar-refractivity contribution in [2.24, 2.45) is 5.73 Å². The van der Waals surface area contributed by atoms with E-state index in [1.54, 1.807) is 12.1 Å². The van der Waals surface area contributed by atoms with Crippen LogP contribution in [0.15, 0.2) is 16.5 Å². The molecular weight excluding hydrogens is 236 g/mol. The van der Waals surface area contributed by atoms with Crippen LogP contribution in [-0.2, 0) is 16.0 Å². The number of nitrogens with one attached hydrogen (secondary N) is 1. The molecule has 1 rings (SSSR count). The molecule has 0 atom stereocenters. The molecule has 0 saturated heterocycles. The zero-order valence-corrected chi connectivity index (χ0v) is 10.8. The Labute approximate surface area is 106 Å². The molecule has 102 valence electrons. The van der Waals surface area contributed by atoms with Gasteiger partial charge >= 0.3 is 0 Å². The maximum absolute atomic E-state index is 11.7. The van der Waals surface area contributed by atoms with Crippen molar-refractivity contribution in [1.82, 2.24) is 5.32 Å². The monoisotopic (exact) mass is 256 g/mol. The fourth-order valence-corrected chi connectivity index (χ4v) is 1.41. The fourth-order valence-electron chi connectivity index (χ4n) is 1.41. The van der Waals surface area contributed by atoms with Crippen molar-refractivity contribution in [3.63, 3.8) is 0 Å². The molecule has 0 aromatic carbocycles. The Morgan fingerprint density at radius 1 is 1.39 bits per heavy atom. The van der Waals surface area contributed by atoms with Gasteiger partial charge in [-0.1, -0.05) is 0 Å². The van der Waals surface area contributed by atoms with E-state index in [4.69, 9.17) is 19.6 Å². The van der Waals surface area contributed by atoms with Crippen LogP contribution in [0.1, 0.15) is 30.2 Å². The molecule has 1 amide bonds. The van der Waals surface area contributed by atoms with Crippen LogP contribution >= 0.6 is 0 Å². The summed E-state index contributed by atoms with van der Waals surface area (Å²) in [5.41, 5.74) is 5.40. The van der Waals surface area contributed by atoms with E-state index in [2.05, 4.69) is 5.32 Å². The molecule has 0 radical (unpaired) electrons. The van der Waals surface area contributed by atoms with Crippen LogP contribution in [0.25, 0.3) is 0 Å². The average Bonchev–Trinajstić information content (AvgIpc) is 2.85. The molecule has 0 unspecified atom stereocenters. The standard InChI is InChI=1S/C12H20N2O4/c1-3-16-11(17-4-2)8-14-12(15)10-6-5-9(7-13)18-10/h5-6,11H,3-4,7-8,13H2,1-2H3,(H,14,15). The minimum absolute atomic E-state index is 0.238. The van der Waals surface area contributed by atoms with Gasteiger partial charge in [0.05, 0.1) is 13.1 Å². The van der Waals surface area contributed by atoms with Gasteiger partial charge in [-0.25, -0.2) is 0 Å². The van der Waals surface area contributed by atoms with Crippen LogP contribution in [0, 0.1) is 0 Å². The lowest BCUT2D eigenvalue weighted by molar-refractivity contribution is -0.131. The van der Waals surface area contributed by atoms with Crippen LogP contribution in [0.3, 0.4) is 0 Å². The number of hydrogen-bond acceptors (Lipinski definition) is 5. The van der Waals surface area contributed by atoms with Gasteiger partial charge in [-0.15, -0.1) is 0 Å². The summed E-state index contributed by atoms with van der Waals surface area (Å²) in [6.45, 7) is 5.34. The zero-order valence-electron chi connectivity index (χ0n) is 10.8. The lowest BCUT2D eigenvalue weighted by atomic mass is 10.4. The molecule has 6 heteroatoms. The maximum Gasteiger partial charge on any atom is 0.287 e. The molecule has 0 fully saturated rings. The predicted molar refractivity (Wildman–Crippen MR) is 66.0 cm³/mol. The van der Waals surface area contributed by atoms with E-state index >= 15 is 0 Å². The van der Waals surface area contributed by atoms with Crippen LogP contribution in [0.4, 0.5) is 0 Å². The molecule has 1 aromatic rings. The van der Waals surface area contributed by atoms with Crippen LogP contribution in [-0.4, -0.2) is 32.0 Å². The second kappa shape index (κ2) is 7.86. The summed E-state index contributed by atoms with van der Waals surface area (Å²) in [4.78, 5) is 11.7. The number of ether oxygens (including phenoxy) is 2. The third-order valence-electron chi connectivity index (χ3n) is 2.22. The van der Waals surface area contributed by atoms with E-state index in [1.807, 2.05) is 13.8 Å². The Hall–Kier alpha value is -1.37. The van der Waals surface area contributed by atoms with Gasteiger partial charge in [0.25, 0.3) is 5.91 Å². The molecule has 0 aliphatic carbocycles. The molecule has 0 aliphatic heterocycles. The normalized spacial score (nSPS) is 10.9. The summed E-state index contributed by atoms with van der Waals surface area (Å²) >= 11 is 0. The first-order valence-electron chi connectivity index (χ1n) is 6.01. The Morgan fingerprint density at radius 2 is 2.06 bits per heavy atom. The molecule has 0 aliphatic rings. The lowest BCUT2D eigenvalue weighted by Gasteiger charge is -2.16. The predicted octanol–water partition coefficient (Wildman–Crippen LogP) is 0.867. The highest BCUT2D eigenvalue weighted by atomic mass is 16.7. The molecule has 0 saturated carbocycles. The molecule has 0 spiro atoms. The first kappa shape index (κ1) is 14.7. The molecule has 6 nitrogen and oxygen atoms in total. The summed E-state index contributed by atoms with van der Waals surface area (Å²) in [7, 11) is 0. The van der Waals surface area contributed by atoms with Gasteiger partial charge in [-0.05, 0) is 26.0 Å². The Balaban J connectivity index is 2.43. The Bertz CT molecular complexity index is 359. The molecule has 0 bridgehead atoms. The van der Waals surface area contributed by atoms with Crippen molar-refractivity contribution in [3.8, 4) is 0 Å². The number of rotatable bonds is 8. The summed E-state index contributed by atoms with van der Waals surface area (Å²) < 4.78 is 15.8. The number of amides is 1. The van der Waals surface area contributed by atoms with Gasteiger partial charge in [-0.2, -0.15) is 0 Å². The van der Waals surface area contributed by atoms with E-state index in [9.17, 15) is 4.79 Å². The smallest absolute Gasteiger partial charge is 0.287 e. The van der Waals surface area contributed by atoms with E-state index in [0.717, 1.165) is 0 Å². The van der Waals surface area contributed by atoms with Gasteiger partial charge in [0.2, 0.25) is 0 Å². The van der Waals surface area contributed by atoms with Gasteiger partial charge < -0.3 is 24.9 Å². The van der Waals surface area contributed by atoms with Gasteiger partial charge in [0.1, 0.15) is 5.76 Å². The minimum Gasteiger partial charge on any atom is -0.455 e. The van der Waals surface area contributed by atoms with Crippen molar-refractivity contribution in [3.05, 3.63) is 23.7 Å². The Kier molecular flexibility index (Phi) is 6.42. The summed E-state index contributed by atoms with van der Waals surface area (Å²) in [6, 6.07) is 3.27. The molecular formula is C12H20N2O4. The maximum atomic E-state index is 11.7. The van der Waals surface area contributed by atoms with Crippen LogP contribution in [0.5, 0.6) is 0 Å². The summed E-state index contributed by atoms with van der Waals surface area (Å²) in [5.74, 6) is 0.507. The minimum atomic E-state index is -0.437.